The monoisotopic (exact) mass is 1700 g/mol. The number of rotatable bonds is 9. The Balaban J connectivity index is 0.000000210. The van der Waals surface area contributed by atoms with Crippen molar-refractivity contribution >= 4 is 152 Å². The van der Waals surface area contributed by atoms with Crippen LogP contribution in [0.4, 0.5) is 0 Å². The first-order valence-corrected chi connectivity index (χ1v) is 42.9. The Morgan fingerprint density at radius 1 is 0.155 bits per heavy atom. The molecule has 0 saturated heterocycles. The van der Waals surface area contributed by atoms with Gasteiger partial charge in [-0.3, -0.25) is 0 Å². The molecule has 0 aliphatic carbocycles. The van der Waals surface area contributed by atoms with E-state index in [-0.39, 0.29) is 0 Å². The van der Waals surface area contributed by atoms with Gasteiger partial charge in [-0.05, 0) is 189 Å². The summed E-state index contributed by atoms with van der Waals surface area (Å²) in [6.45, 7) is 0. The number of furan rings is 3. The highest BCUT2D eigenvalue weighted by molar-refractivity contribution is 6.29. The van der Waals surface area contributed by atoms with Gasteiger partial charge in [0.05, 0.1) is 0 Å². The zero-order valence-electron chi connectivity index (χ0n) is 96.1. The molecule has 0 unspecified atom stereocenters. The SMILES string of the molecule is [2H]C.[2H]C.[2H]C.[2H]C.[2H][2H].[2H][2H].[2H][2H].[2H][2H].[2H][2H].[2H][2H].[2H][2H].[2H][2H].[2H][2H].[2H][2H].c1ccc(-c2c3ccccc3c(-c3cccc4c3oc3ccc(-c5ccc6ccccc6c5)cc34)c3ccccc23)cc1.c1ccc(-c2c3ccccc3c(-c3cccc4c3oc3ccc(-c5cccc6ccccc56)cc34)c3ccccc23)cc1.c1ccc(-c2c3ccccc3c(-c3cccc4c3oc3cccc(-c5ccccc5)c34)c3ccccc23)cc1. The third kappa shape index (κ3) is 13.7. The minimum absolute atomic E-state index is 0.904. The van der Waals surface area contributed by atoms with Gasteiger partial charge in [0.2, 0.25) is 0 Å². The first kappa shape index (κ1) is 66.1. The topological polar surface area (TPSA) is 39.4 Å². The van der Waals surface area contributed by atoms with Crippen LogP contribution in [0.25, 0.3) is 252 Å². The van der Waals surface area contributed by atoms with Crippen LogP contribution >= 0.6 is 0 Å². The molecule has 26 aromatic rings. The Hall–Kier alpha value is -16.5. The summed E-state index contributed by atoms with van der Waals surface area (Å²) in [6, 6.07) is 165. The number of fused-ring (bicyclic) bond motifs is 17. The van der Waals surface area contributed by atoms with Crippen LogP contribution in [0.15, 0.2) is 474 Å². The summed E-state index contributed by atoms with van der Waals surface area (Å²) in [7, 11) is 5.00. The van der Waals surface area contributed by atoms with Gasteiger partial charge in [-0.1, -0.05) is 454 Å². The summed E-state index contributed by atoms with van der Waals surface area (Å²) >= 11 is 0. The molecule has 0 fully saturated rings. The number of para-hydroxylation sites is 3. The van der Waals surface area contributed by atoms with Gasteiger partial charge >= 0.3 is 0 Å². The van der Waals surface area contributed by atoms with E-state index < -0.39 is 0 Å². The first-order valence-electron chi connectivity index (χ1n) is 56.9. The second-order valence-corrected chi connectivity index (χ2v) is 32.5. The average Bonchev–Trinajstić information content (AvgIpc) is 1.70. The molecule has 26 rings (SSSR count). The fourth-order valence-electron chi connectivity index (χ4n) is 20.1. The molecular weight excluding hydrogens is 1560 g/mol. The van der Waals surface area contributed by atoms with Crippen molar-refractivity contribution in [1.82, 2.24) is 0 Å². The van der Waals surface area contributed by atoms with Crippen LogP contribution in [-0.4, -0.2) is 0 Å². The summed E-state index contributed by atoms with van der Waals surface area (Å²) in [5, 5.41) is 26.7. The molecule has 23 aromatic carbocycles. The molecule has 0 aliphatic heterocycles. The predicted octanol–water partition coefficient (Wildman–Crippen LogP) is 40.0. The summed E-state index contributed by atoms with van der Waals surface area (Å²) in [4.78, 5) is 0. The van der Waals surface area contributed by atoms with Crippen LogP contribution in [0.5, 0.6) is 0 Å². The van der Waals surface area contributed by atoms with Crippen molar-refractivity contribution in [2.24, 2.45) is 0 Å². The molecule has 3 nitrogen and oxygen atoms in total. The molecule has 0 amide bonds. The van der Waals surface area contributed by atoms with E-state index >= 15 is 0 Å². The molecular formula is C126H112O3. The molecule has 129 heavy (non-hydrogen) atoms. The molecule has 0 N–H and O–H groups in total. The van der Waals surface area contributed by atoms with E-state index in [0.717, 1.165) is 82.5 Å². The standard InChI is InChI=1S/2C42H26O.C38H24O.4CH4.10H2/c1-2-13-28(14-3-1)40-32-17-6-8-19-34(32)41(35-20-9-7-18-33(35)40)37-23-11-22-36-38-26-29(24-25-39(38)43-42(36)37)31-21-10-15-27-12-4-5-16-30(27)31;1-2-12-28(13-3-1)40-32-15-6-8-17-34(32)41(35-18-9-7-16-33(35)40)37-20-10-19-36-38-26-31(23-24-39(38)43-42(36)37)30-22-21-27-11-4-5-14-29(27)25-30;1-3-13-25(14-4-1)27-21-12-24-34-37(27)33-23-11-22-32(38(33)39-34)36-30-19-9-7-17-28(30)35(26-15-5-2-6-16-26)29-18-8-10-20-31(29)36;;;;;;;;;;;;;;/h2*1-26H;1-24H;4*1H4;10*1H/i;;;4*1D;10*1+1D. The quantitative estimate of drug-likeness (QED) is 0.135. The Labute approximate surface area is 787 Å². The van der Waals surface area contributed by atoms with Crippen molar-refractivity contribution in [1.29, 1.82) is 0 Å². The summed E-state index contributed by atoms with van der Waals surface area (Å²) in [5.41, 5.74) is 27.2. The van der Waals surface area contributed by atoms with Gasteiger partial charge in [-0.25, -0.2) is 0 Å². The summed E-state index contributed by atoms with van der Waals surface area (Å²) in [6.07, 6.45) is 0. The van der Waals surface area contributed by atoms with Crippen molar-refractivity contribution in [3.05, 3.63) is 461 Å². The maximum absolute atomic E-state index is 6.73. The lowest BCUT2D eigenvalue weighted by atomic mass is 9.85. The first-order chi connectivity index (χ1) is 76.1. The third-order valence-corrected chi connectivity index (χ3v) is 25.6. The molecule has 0 bridgehead atoms. The molecule has 0 saturated carbocycles. The van der Waals surface area contributed by atoms with Gasteiger partial charge < -0.3 is 13.3 Å². The largest absolute Gasteiger partial charge is 0.455 e. The van der Waals surface area contributed by atoms with Crippen molar-refractivity contribution in [2.75, 3.05) is 0 Å². The van der Waals surface area contributed by atoms with E-state index in [2.05, 4.69) is 461 Å². The Bertz CT molecular complexity index is 8690. The number of hydrogen-bond donors (Lipinski definition) is 0. The lowest BCUT2D eigenvalue weighted by Crippen LogP contribution is -1.91. The molecule has 3 heterocycles. The molecule has 3 aromatic heterocycles. The van der Waals surface area contributed by atoms with Crippen molar-refractivity contribution in [3.63, 3.8) is 0 Å². The van der Waals surface area contributed by atoms with Gasteiger partial charge in [0.15, 0.2) is 0 Å². The Kier molecular flexibility index (Phi) is 17.4. The normalized spacial score (nSPS) is 12.2. The van der Waals surface area contributed by atoms with Gasteiger partial charge in [-0.2, -0.15) is 0 Å². The average molecular weight is 1700 g/mol. The van der Waals surface area contributed by atoms with Crippen LogP contribution in [0.3, 0.4) is 0 Å². The van der Waals surface area contributed by atoms with Crippen LogP contribution < -0.4 is 0 Å². The van der Waals surface area contributed by atoms with Crippen LogP contribution in [0.2, 0.25) is 0 Å². The van der Waals surface area contributed by atoms with Crippen molar-refractivity contribution in [2.45, 2.75) is 29.6 Å². The Morgan fingerprint density at radius 3 is 0.853 bits per heavy atom. The highest BCUT2D eigenvalue weighted by Gasteiger charge is 2.26. The fraction of sp³-hybridized carbons (Fsp3) is 0.0317. The van der Waals surface area contributed by atoms with E-state index in [1.807, 2.05) is 0 Å². The lowest BCUT2D eigenvalue weighted by Gasteiger charge is -2.17. The van der Waals surface area contributed by atoms with Crippen molar-refractivity contribution < 1.29 is 48.4 Å². The predicted molar refractivity (Wildman–Crippen MR) is 578 cm³/mol. The molecule has 0 spiro atoms. The minimum atomic E-state index is 0.904. The highest BCUT2D eigenvalue weighted by Crippen LogP contribution is 2.52. The fourth-order valence-corrected chi connectivity index (χ4v) is 20.1. The van der Waals surface area contributed by atoms with Crippen LogP contribution in [-0.2, 0) is 0 Å². The van der Waals surface area contributed by atoms with E-state index in [1.165, 1.54) is 199 Å². The smallest absolute Gasteiger partial charge is 0.143 e. The van der Waals surface area contributed by atoms with Gasteiger partial charge in [-0.15, -0.1) is 0 Å². The van der Waals surface area contributed by atoms with E-state index in [0.29, 0.717) is 0 Å². The summed E-state index contributed by atoms with van der Waals surface area (Å²) < 4.78 is 143. The van der Waals surface area contributed by atoms with Crippen LogP contribution in [0.1, 0.15) is 64.8 Å². The maximum atomic E-state index is 6.73. The van der Waals surface area contributed by atoms with E-state index in [1.54, 1.807) is 0 Å². The molecule has 0 aliphatic rings. The van der Waals surface area contributed by atoms with Gasteiger partial charge in [0.25, 0.3) is 0 Å². The van der Waals surface area contributed by atoms with E-state index in [9.17, 15) is 0 Å². The Morgan fingerprint density at radius 2 is 0.426 bits per heavy atom. The lowest BCUT2D eigenvalue weighted by molar-refractivity contribution is 0.670. The zero-order chi connectivity index (χ0) is 110. The molecule has 3 heteroatoms. The summed E-state index contributed by atoms with van der Waals surface area (Å²) in [5.74, 6) is 0. The second-order valence-electron chi connectivity index (χ2n) is 32.5. The number of benzene rings is 23. The zero-order valence-corrected chi connectivity index (χ0v) is 72.1. The highest BCUT2D eigenvalue weighted by atomic mass is 16.3. The van der Waals surface area contributed by atoms with Gasteiger partial charge in [0.1, 0.15) is 33.5 Å². The van der Waals surface area contributed by atoms with Crippen molar-refractivity contribution in [3.8, 4) is 100 Å². The minimum Gasteiger partial charge on any atom is -0.455 e. The van der Waals surface area contributed by atoms with E-state index in [4.69, 9.17) is 48.4 Å². The van der Waals surface area contributed by atoms with Crippen LogP contribution in [0, 0.1) is 0 Å². The molecule has 0 atom stereocenters. The maximum Gasteiger partial charge on any atom is 0.143 e. The molecule has 634 valence electrons. The number of hydrogen-bond acceptors (Lipinski definition) is 3. The molecule has 0 radical (unpaired) electrons. The third-order valence-electron chi connectivity index (χ3n) is 25.6. The van der Waals surface area contributed by atoms with Gasteiger partial charge in [0, 0.05) is 101 Å². The second kappa shape index (κ2) is 33.9.